The van der Waals surface area contributed by atoms with Gasteiger partial charge >= 0.3 is 12.1 Å². The van der Waals surface area contributed by atoms with Gasteiger partial charge < -0.3 is 9.84 Å². The predicted molar refractivity (Wildman–Crippen MR) is 77.9 cm³/mol. The summed E-state index contributed by atoms with van der Waals surface area (Å²) in [4.78, 5) is 25.4. The molecule has 1 aromatic rings. The van der Waals surface area contributed by atoms with Crippen molar-refractivity contribution >= 4 is 17.7 Å². The summed E-state index contributed by atoms with van der Waals surface area (Å²) in [5, 5.41) is 9.39. The highest BCUT2D eigenvalue weighted by atomic mass is 16.6. The number of carbonyl (C=O) groups excluding carboxylic acids is 1. The molecule has 1 spiro atoms. The Morgan fingerprint density at radius 3 is 2.48 bits per heavy atom. The molecule has 0 atom stereocenters. The van der Waals surface area contributed by atoms with Crippen molar-refractivity contribution < 1.29 is 19.4 Å². The molecule has 1 aliphatic heterocycles. The van der Waals surface area contributed by atoms with Crippen molar-refractivity contribution in [3.63, 3.8) is 0 Å². The number of hydrogen-bond donors (Lipinski definition) is 1. The van der Waals surface area contributed by atoms with Crippen LogP contribution in [0.25, 0.3) is 0 Å². The fourth-order valence-corrected chi connectivity index (χ4v) is 2.95. The van der Waals surface area contributed by atoms with Gasteiger partial charge in [0.1, 0.15) is 5.60 Å². The monoisotopic (exact) mass is 289 g/mol. The molecule has 0 aromatic heterocycles. The number of carbonyl (C=O) groups is 2. The highest BCUT2D eigenvalue weighted by molar-refractivity contribution is 6.03. The number of benzene rings is 1. The average Bonchev–Trinajstić information content (AvgIpc) is 3.05. The molecule has 112 valence electrons. The highest BCUT2D eigenvalue weighted by Gasteiger charge is 2.54. The largest absolute Gasteiger partial charge is 0.478 e. The van der Waals surface area contributed by atoms with Crippen LogP contribution in [0.4, 0.5) is 10.5 Å². The first-order valence-corrected chi connectivity index (χ1v) is 7.11. The van der Waals surface area contributed by atoms with Crippen molar-refractivity contribution in [2.75, 3.05) is 11.4 Å². The summed E-state index contributed by atoms with van der Waals surface area (Å²) in [6.07, 6.45) is 1.51. The molecule has 5 nitrogen and oxygen atoms in total. The van der Waals surface area contributed by atoms with E-state index in [-0.39, 0.29) is 11.0 Å². The molecule has 1 heterocycles. The highest BCUT2D eigenvalue weighted by Crippen LogP contribution is 2.57. The van der Waals surface area contributed by atoms with Crippen molar-refractivity contribution in [2.45, 2.75) is 44.6 Å². The fourth-order valence-electron chi connectivity index (χ4n) is 2.95. The number of amides is 1. The Hall–Kier alpha value is -2.04. The zero-order valence-corrected chi connectivity index (χ0v) is 12.5. The Balaban J connectivity index is 2.04. The fraction of sp³-hybridized carbons (Fsp3) is 0.500. The van der Waals surface area contributed by atoms with Gasteiger partial charge in [0.25, 0.3) is 0 Å². The van der Waals surface area contributed by atoms with Crippen molar-refractivity contribution in [3.05, 3.63) is 29.3 Å². The maximum absolute atomic E-state index is 12.4. The summed E-state index contributed by atoms with van der Waals surface area (Å²) >= 11 is 0. The van der Waals surface area contributed by atoms with Crippen LogP contribution in [0.3, 0.4) is 0 Å². The molecule has 3 rings (SSSR count). The molecule has 1 fully saturated rings. The Morgan fingerprint density at radius 2 is 1.95 bits per heavy atom. The van der Waals surface area contributed by atoms with Crippen LogP contribution in [0.2, 0.25) is 0 Å². The van der Waals surface area contributed by atoms with Crippen LogP contribution in [-0.4, -0.2) is 29.3 Å². The number of carboxylic acid groups (broad SMARTS) is 1. The van der Waals surface area contributed by atoms with E-state index >= 15 is 0 Å². The standard InChI is InChI=1S/C16H19NO4/c1-15(2,3)21-14(20)17-9-16(7-8-16)11-6-4-5-10(12(11)17)13(18)19/h4-6H,7-9H2,1-3H3,(H,18,19). The molecule has 1 amide bonds. The lowest BCUT2D eigenvalue weighted by Crippen LogP contribution is -2.37. The lowest BCUT2D eigenvalue weighted by atomic mass is 9.96. The molecule has 1 aromatic carbocycles. The van der Waals surface area contributed by atoms with Crippen LogP contribution in [0.15, 0.2) is 18.2 Å². The van der Waals surface area contributed by atoms with Crippen LogP contribution >= 0.6 is 0 Å². The predicted octanol–water partition coefficient (Wildman–Crippen LogP) is 3.17. The van der Waals surface area contributed by atoms with Crippen molar-refractivity contribution in [3.8, 4) is 0 Å². The number of nitrogens with zero attached hydrogens (tertiary/aromatic N) is 1. The number of carboxylic acids is 1. The van der Waals surface area contributed by atoms with Crippen molar-refractivity contribution in [1.29, 1.82) is 0 Å². The summed E-state index contributed by atoms with van der Waals surface area (Å²) in [5.74, 6) is -1.02. The molecule has 1 N–H and O–H groups in total. The van der Waals surface area contributed by atoms with Crippen molar-refractivity contribution in [1.82, 2.24) is 0 Å². The lowest BCUT2D eigenvalue weighted by molar-refractivity contribution is 0.0581. The summed E-state index contributed by atoms with van der Waals surface area (Å²) in [6.45, 7) is 5.93. The smallest absolute Gasteiger partial charge is 0.414 e. The van der Waals surface area contributed by atoms with Gasteiger partial charge in [-0.25, -0.2) is 9.59 Å². The minimum atomic E-state index is -1.02. The molecule has 1 saturated carbocycles. The average molecular weight is 289 g/mol. The van der Waals surface area contributed by atoms with Crippen LogP contribution < -0.4 is 4.90 Å². The summed E-state index contributed by atoms with van der Waals surface area (Å²) < 4.78 is 5.43. The van der Waals surface area contributed by atoms with E-state index in [1.165, 1.54) is 4.90 Å². The van der Waals surface area contributed by atoms with Gasteiger partial charge in [-0.3, -0.25) is 4.90 Å². The van der Waals surface area contributed by atoms with Gasteiger partial charge in [0, 0.05) is 12.0 Å². The van der Waals surface area contributed by atoms with Gasteiger partial charge in [-0.2, -0.15) is 0 Å². The van der Waals surface area contributed by atoms with Crippen LogP contribution in [0.5, 0.6) is 0 Å². The minimum Gasteiger partial charge on any atom is -0.478 e. The SMILES string of the molecule is CC(C)(C)OC(=O)N1CC2(CC2)c2cccc(C(=O)O)c21. The quantitative estimate of drug-likeness (QED) is 0.862. The lowest BCUT2D eigenvalue weighted by Gasteiger charge is -2.25. The topological polar surface area (TPSA) is 66.8 Å². The van der Waals surface area contributed by atoms with Crippen molar-refractivity contribution in [2.24, 2.45) is 0 Å². The Morgan fingerprint density at radius 1 is 1.29 bits per heavy atom. The second kappa shape index (κ2) is 4.23. The Labute approximate surface area is 123 Å². The van der Waals surface area contributed by atoms with E-state index in [4.69, 9.17) is 4.74 Å². The van der Waals surface area contributed by atoms with E-state index in [0.29, 0.717) is 12.2 Å². The first-order chi connectivity index (χ1) is 9.73. The molecule has 21 heavy (non-hydrogen) atoms. The number of aromatic carboxylic acids is 1. The molecule has 0 bridgehead atoms. The zero-order chi connectivity index (χ0) is 15.4. The Bertz CT molecular complexity index is 626. The zero-order valence-electron chi connectivity index (χ0n) is 12.5. The van der Waals surface area contributed by atoms with Gasteiger partial charge in [-0.15, -0.1) is 0 Å². The molecular formula is C16H19NO4. The van der Waals surface area contributed by atoms with Gasteiger partial charge in [-0.1, -0.05) is 12.1 Å². The number of ether oxygens (including phenoxy) is 1. The summed E-state index contributed by atoms with van der Waals surface area (Å²) in [5.41, 5.74) is 0.985. The minimum absolute atomic E-state index is 0.0578. The van der Waals surface area contributed by atoms with Crippen LogP contribution in [-0.2, 0) is 10.2 Å². The molecular weight excluding hydrogens is 270 g/mol. The first kappa shape index (κ1) is 13.9. The molecule has 0 saturated heterocycles. The second-order valence-electron chi connectivity index (χ2n) is 6.85. The van der Waals surface area contributed by atoms with E-state index in [0.717, 1.165) is 18.4 Å². The number of hydrogen-bond acceptors (Lipinski definition) is 3. The Kier molecular flexibility index (Phi) is 2.80. The third kappa shape index (κ3) is 2.26. The van der Waals surface area contributed by atoms with E-state index < -0.39 is 17.7 Å². The van der Waals surface area contributed by atoms with Gasteiger partial charge in [0.2, 0.25) is 0 Å². The van der Waals surface area contributed by atoms with Gasteiger partial charge in [0.15, 0.2) is 0 Å². The molecule has 2 aliphatic rings. The third-order valence-corrected chi connectivity index (χ3v) is 4.04. The second-order valence-corrected chi connectivity index (χ2v) is 6.85. The summed E-state index contributed by atoms with van der Waals surface area (Å²) in [6, 6.07) is 5.22. The number of fused-ring (bicyclic) bond motifs is 2. The molecule has 0 radical (unpaired) electrons. The summed E-state index contributed by atoms with van der Waals surface area (Å²) in [7, 11) is 0. The van der Waals surface area contributed by atoms with E-state index in [1.807, 2.05) is 6.07 Å². The number of rotatable bonds is 1. The first-order valence-electron chi connectivity index (χ1n) is 7.11. The van der Waals surface area contributed by atoms with E-state index in [9.17, 15) is 14.7 Å². The van der Waals surface area contributed by atoms with Crippen LogP contribution in [0.1, 0.15) is 49.5 Å². The normalized spacial score (nSPS) is 18.5. The third-order valence-electron chi connectivity index (χ3n) is 4.04. The van der Waals surface area contributed by atoms with Crippen LogP contribution in [0, 0.1) is 0 Å². The van der Waals surface area contributed by atoms with Gasteiger partial charge in [-0.05, 0) is 45.2 Å². The maximum Gasteiger partial charge on any atom is 0.414 e. The molecule has 0 unspecified atom stereocenters. The number of anilines is 1. The maximum atomic E-state index is 12.4. The number of para-hydroxylation sites is 1. The van der Waals surface area contributed by atoms with E-state index in [2.05, 4.69) is 0 Å². The molecule has 5 heteroatoms. The van der Waals surface area contributed by atoms with E-state index in [1.54, 1.807) is 32.9 Å². The van der Waals surface area contributed by atoms with Gasteiger partial charge in [0.05, 0.1) is 11.3 Å². The molecule has 1 aliphatic carbocycles.